The van der Waals surface area contributed by atoms with Crippen molar-refractivity contribution in [2.75, 3.05) is 12.4 Å². The highest BCUT2D eigenvalue weighted by molar-refractivity contribution is 6.09. The van der Waals surface area contributed by atoms with E-state index in [1.54, 1.807) is 25.4 Å². The third kappa shape index (κ3) is 4.47. The number of amides is 1. The molecular weight excluding hydrogens is 438 g/mol. The zero-order valence-electron chi connectivity index (χ0n) is 19.7. The summed E-state index contributed by atoms with van der Waals surface area (Å²) in [5.74, 6) is 0.492. The van der Waals surface area contributed by atoms with Crippen LogP contribution in [-0.4, -0.2) is 23.8 Å². The smallest absolute Gasteiger partial charge is 0.255 e. The van der Waals surface area contributed by atoms with Gasteiger partial charge < -0.3 is 15.4 Å². The molecule has 6 nitrogen and oxygen atoms in total. The van der Waals surface area contributed by atoms with E-state index in [1.165, 1.54) is 0 Å². The minimum Gasteiger partial charge on any atom is -0.497 e. The van der Waals surface area contributed by atoms with Crippen molar-refractivity contribution in [2.24, 2.45) is 0 Å². The lowest BCUT2D eigenvalue weighted by Crippen LogP contribution is -2.37. The van der Waals surface area contributed by atoms with E-state index >= 15 is 0 Å². The molecule has 2 atom stereocenters. The number of carbonyl (C=O) groups is 2. The Balaban J connectivity index is 1.58. The number of ketones is 1. The molecule has 3 aromatic rings. The van der Waals surface area contributed by atoms with E-state index in [2.05, 4.69) is 27.8 Å². The monoisotopic (exact) mass is 465 g/mol. The summed E-state index contributed by atoms with van der Waals surface area (Å²) in [7, 11) is 1.61. The van der Waals surface area contributed by atoms with Crippen LogP contribution < -0.4 is 15.4 Å². The second-order valence-electron chi connectivity index (χ2n) is 8.87. The molecule has 0 radical (unpaired) electrons. The van der Waals surface area contributed by atoms with Crippen LogP contribution in [-0.2, 0) is 9.59 Å². The van der Waals surface area contributed by atoms with Crippen LogP contribution in [0.5, 0.6) is 5.75 Å². The molecule has 0 saturated heterocycles. The Morgan fingerprint density at radius 1 is 1.00 bits per heavy atom. The molecule has 0 fully saturated rings. The Morgan fingerprint density at radius 3 is 2.51 bits per heavy atom. The summed E-state index contributed by atoms with van der Waals surface area (Å²) in [6, 6.07) is 23.1. The van der Waals surface area contributed by atoms with Gasteiger partial charge in [-0.1, -0.05) is 48.5 Å². The van der Waals surface area contributed by atoms with Crippen molar-refractivity contribution in [1.29, 1.82) is 0 Å². The minimum absolute atomic E-state index is 0.0519. The first-order chi connectivity index (χ1) is 17.0. The SMILES string of the molecule is COc1cccc([C@@H]2C(C(=O)Nc3ccccn3)=C(C)NC3=C2C(=O)C[C@H](c2ccccc2)C3)c1. The molecule has 6 heteroatoms. The molecule has 35 heavy (non-hydrogen) atoms. The summed E-state index contributed by atoms with van der Waals surface area (Å²) in [5.41, 5.74) is 4.76. The summed E-state index contributed by atoms with van der Waals surface area (Å²) in [4.78, 5) is 31.5. The highest BCUT2D eigenvalue weighted by Crippen LogP contribution is 2.46. The second-order valence-corrected chi connectivity index (χ2v) is 8.87. The van der Waals surface area contributed by atoms with Crippen LogP contribution in [0.4, 0.5) is 5.82 Å². The molecule has 1 aliphatic carbocycles. The van der Waals surface area contributed by atoms with E-state index in [1.807, 2.05) is 55.5 Å². The topological polar surface area (TPSA) is 80.3 Å². The number of pyridine rings is 1. The lowest BCUT2D eigenvalue weighted by molar-refractivity contribution is -0.116. The Morgan fingerprint density at radius 2 is 1.77 bits per heavy atom. The van der Waals surface area contributed by atoms with Gasteiger partial charge in [-0.25, -0.2) is 4.98 Å². The fourth-order valence-corrected chi connectivity index (χ4v) is 5.08. The number of ether oxygens (including phenoxy) is 1. The largest absolute Gasteiger partial charge is 0.497 e. The highest BCUT2D eigenvalue weighted by Gasteiger charge is 2.41. The van der Waals surface area contributed by atoms with E-state index in [4.69, 9.17) is 4.74 Å². The molecule has 0 bridgehead atoms. The van der Waals surface area contributed by atoms with Gasteiger partial charge >= 0.3 is 0 Å². The Kier molecular flexibility index (Phi) is 6.19. The first-order valence-electron chi connectivity index (χ1n) is 11.7. The van der Waals surface area contributed by atoms with Crippen LogP contribution in [0.25, 0.3) is 0 Å². The number of allylic oxidation sites excluding steroid dienone is 3. The number of nitrogens with zero attached hydrogens (tertiary/aromatic N) is 1. The number of nitrogens with one attached hydrogen (secondary N) is 2. The number of rotatable bonds is 5. The van der Waals surface area contributed by atoms with Crippen LogP contribution >= 0.6 is 0 Å². The maximum absolute atomic E-state index is 13.7. The number of anilines is 1. The van der Waals surface area contributed by atoms with E-state index in [0.29, 0.717) is 35.6 Å². The van der Waals surface area contributed by atoms with E-state index in [9.17, 15) is 9.59 Å². The number of hydrogen-bond donors (Lipinski definition) is 2. The fourth-order valence-electron chi connectivity index (χ4n) is 5.08. The fraction of sp³-hybridized carbons (Fsp3) is 0.207. The van der Waals surface area contributed by atoms with Crippen molar-refractivity contribution >= 4 is 17.5 Å². The van der Waals surface area contributed by atoms with Gasteiger partial charge in [0.15, 0.2) is 5.78 Å². The van der Waals surface area contributed by atoms with E-state index in [0.717, 1.165) is 22.5 Å². The van der Waals surface area contributed by atoms with Gasteiger partial charge in [0.2, 0.25) is 0 Å². The number of methoxy groups -OCH3 is 1. The maximum Gasteiger partial charge on any atom is 0.255 e. The van der Waals surface area contributed by atoms with Crippen molar-refractivity contribution < 1.29 is 14.3 Å². The van der Waals surface area contributed by atoms with E-state index in [-0.39, 0.29) is 17.6 Å². The second kappa shape index (κ2) is 9.58. The number of benzene rings is 2. The standard InChI is InChI=1S/C29H27N3O3/c1-18-26(29(34)32-25-13-6-7-14-30-25)27(20-11-8-12-22(15-20)35-2)28-23(31-18)16-21(17-24(28)33)19-9-4-3-5-10-19/h3-15,21,27,31H,16-17H2,1-2H3,(H,30,32,34)/t21-,27-/m1/s1. The quantitative estimate of drug-likeness (QED) is 0.549. The van der Waals surface area contributed by atoms with Gasteiger partial charge in [0.05, 0.1) is 7.11 Å². The third-order valence-electron chi connectivity index (χ3n) is 6.68. The van der Waals surface area contributed by atoms with Gasteiger partial charge in [-0.05, 0) is 54.7 Å². The minimum atomic E-state index is -0.505. The van der Waals surface area contributed by atoms with Crippen LogP contribution in [0.1, 0.15) is 42.7 Å². The van der Waals surface area contributed by atoms with Gasteiger partial charge in [-0.2, -0.15) is 0 Å². The van der Waals surface area contributed by atoms with Gasteiger partial charge in [0.1, 0.15) is 11.6 Å². The van der Waals surface area contributed by atoms with Gasteiger partial charge in [0.25, 0.3) is 5.91 Å². The van der Waals surface area contributed by atoms with Gasteiger partial charge in [-0.3, -0.25) is 9.59 Å². The summed E-state index contributed by atoms with van der Waals surface area (Å²) in [6.07, 6.45) is 2.74. The Bertz CT molecular complexity index is 1330. The van der Waals surface area contributed by atoms with Crippen molar-refractivity contribution in [3.8, 4) is 5.75 Å². The van der Waals surface area contributed by atoms with Crippen molar-refractivity contribution in [2.45, 2.75) is 31.6 Å². The maximum atomic E-state index is 13.7. The lowest BCUT2D eigenvalue weighted by atomic mass is 9.71. The van der Waals surface area contributed by atoms with Gasteiger partial charge in [-0.15, -0.1) is 0 Å². The first-order valence-corrected chi connectivity index (χ1v) is 11.7. The van der Waals surface area contributed by atoms with Gasteiger partial charge in [0, 0.05) is 41.1 Å². The van der Waals surface area contributed by atoms with Crippen LogP contribution in [0.2, 0.25) is 0 Å². The number of Topliss-reactive ketones (excluding diaryl/α,β-unsaturated/α-hetero) is 1. The zero-order chi connectivity index (χ0) is 24.4. The molecule has 1 amide bonds. The number of dihydropyridines is 1. The molecule has 2 aliphatic rings. The molecule has 2 aromatic carbocycles. The summed E-state index contributed by atoms with van der Waals surface area (Å²) in [5, 5.41) is 6.32. The normalized spacial score (nSPS) is 19.7. The number of hydrogen-bond acceptors (Lipinski definition) is 5. The summed E-state index contributed by atoms with van der Waals surface area (Å²) >= 11 is 0. The number of aromatic nitrogens is 1. The molecule has 2 N–H and O–H groups in total. The van der Waals surface area contributed by atoms with Crippen molar-refractivity contribution in [3.05, 3.63) is 113 Å². The molecule has 5 rings (SSSR count). The van der Waals surface area contributed by atoms with Crippen LogP contribution in [0.3, 0.4) is 0 Å². The first kappa shape index (κ1) is 22.6. The number of carbonyl (C=O) groups excluding carboxylic acids is 2. The average Bonchev–Trinajstić information content (AvgIpc) is 2.88. The predicted molar refractivity (Wildman–Crippen MR) is 135 cm³/mol. The highest BCUT2D eigenvalue weighted by atomic mass is 16.5. The molecule has 0 spiro atoms. The summed E-state index contributed by atoms with van der Waals surface area (Å²) in [6.45, 7) is 1.89. The molecule has 1 aliphatic heterocycles. The molecule has 0 saturated carbocycles. The summed E-state index contributed by atoms with van der Waals surface area (Å²) < 4.78 is 5.46. The third-order valence-corrected chi connectivity index (χ3v) is 6.68. The van der Waals surface area contributed by atoms with Crippen LogP contribution in [0, 0.1) is 0 Å². The molecule has 2 heterocycles. The van der Waals surface area contributed by atoms with E-state index < -0.39 is 5.92 Å². The lowest BCUT2D eigenvalue weighted by Gasteiger charge is -2.37. The van der Waals surface area contributed by atoms with Crippen molar-refractivity contribution in [1.82, 2.24) is 10.3 Å². The van der Waals surface area contributed by atoms with Crippen LogP contribution in [0.15, 0.2) is 102 Å². The average molecular weight is 466 g/mol. The predicted octanol–water partition coefficient (Wildman–Crippen LogP) is 5.09. The Labute approximate surface area is 204 Å². The van der Waals surface area contributed by atoms with Crippen molar-refractivity contribution in [3.63, 3.8) is 0 Å². The molecule has 1 aromatic heterocycles. The zero-order valence-corrected chi connectivity index (χ0v) is 19.7. The molecular formula is C29H27N3O3. The molecule has 176 valence electrons. The Hall–Kier alpha value is -4.19. The molecule has 0 unspecified atom stereocenters.